The van der Waals surface area contributed by atoms with Gasteiger partial charge in [-0.25, -0.2) is 9.59 Å². The second-order valence-electron chi connectivity index (χ2n) is 14.3. The van der Waals surface area contributed by atoms with Gasteiger partial charge in [-0.3, -0.25) is 19.2 Å². The molecule has 15 nitrogen and oxygen atoms in total. The largest absolute Gasteiger partial charge is 0.478 e. The van der Waals surface area contributed by atoms with E-state index in [2.05, 4.69) is 5.32 Å². The van der Waals surface area contributed by atoms with Gasteiger partial charge in [0.2, 0.25) is 0 Å². The van der Waals surface area contributed by atoms with E-state index in [1.165, 1.54) is 0 Å². The summed E-state index contributed by atoms with van der Waals surface area (Å²) >= 11 is 0. The molecule has 0 saturated heterocycles. The van der Waals surface area contributed by atoms with Crippen LogP contribution in [0.25, 0.3) is 0 Å². The molecule has 0 aromatic heterocycles. The zero-order valence-corrected chi connectivity index (χ0v) is 29.9. The van der Waals surface area contributed by atoms with Gasteiger partial charge in [0.25, 0.3) is 5.91 Å². The van der Waals surface area contributed by atoms with Gasteiger partial charge in [-0.15, -0.1) is 0 Å². The van der Waals surface area contributed by atoms with Gasteiger partial charge < -0.3 is 44.0 Å². The lowest BCUT2D eigenvalue weighted by Gasteiger charge is -2.34. The third kappa shape index (κ3) is 18.9. The lowest BCUT2D eigenvalue weighted by Crippen LogP contribution is -2.58. The quantitative estimate of drug-likeness (QED) is 0.107. The minimum atomic E-state index is -1.56. The Morgan fingerprint density at radius 2 is 0.816 bits per heavy atom. The Balaban J connectivity index is 3.35. The molecule has 276 valence electrons. The van der Waals surface area contributed by atoms with E-state index in [9.17, 15) is 39.0 Å². The van der Waals surface area contributed by atoms with E-state index < -0.39 is 69.2 Å². The highest BCUT2D eigenvalue weighted by Gasteiger charge is 2.35. The predicted molar refractivity (Wildman–Crippen MR) is 174 cm³/mol. The van der Waals surface area contributed by atoms with Crippen LogP contribution in [0.5, 0.6) is 0 Å². The smallest absolute Gasteiger partial charge is 0.335 e. The van der Waals surface area contributed by atoms with Gasteiger partial charge in [-0.1, -0.05) is 0 Å². The fourth-order valence-corrected chi connectivity index (χ4v) is 4.00. The molecule has 0 heterocycles. The molecule has 0 fully saturated rings. The summed E-state index contributed by atoms with van der Waals surface area (Å²) in [5.41, 5.74) is -4.90. The van der Waals surface area contributed by atoms with Crippen LogP contribution in [0.3, 0.4) is 0 Å². The van der Waals surface area contributed by atoms with Crippen molar-refractivity contribution in [2.75, 3.05) is 39.6 Å². The molecule has 0 aliphatic rings. The molecule has 1 amide bonds. The van der Waals surface area contributed by atoms with Crippen molar-refractivity contribution in [2.45, 2.75) is 104 Å². The third-order valence-electron chi connectivity index (χ3n) is 5.81. The van der Waals surface area contributed by atoms with Crippen LogP contribution in [0.4, 0.5) is 0 Å². The summed E-state index contributed by atoms with van der Waals surface area (Å²) in [6.45, 7) is 14.0. The first-order chi connectivity index (χ1) is 22.4. The van der Waals surface area contributed by atoms with Crippen LogP contribution in [-0.4, -0.2) is 108 Å². The first-order valence-corrected chi connectivity index (χ1v) is 15.7. The predicted octanol–water partition coefficient (Wildman–Crippen LogP) is 3.80. The second-order valence-corrected chi connectivity index (χ2v) is 14.3. The van der Waals surface area contributed by atoms with E-state index in [-0.39, 0.29) is 64.5 Å². The molecule has 0 bridgehead atoms. The molecule has 0 spiro atoms. The molecule has 15 heteroatoms. The molecule has 0 radical (unpaired) electrons. The van der Waals surface area contributed by atoms with Gasteiger partial charge in [0.05, 0.1) is 70.0 Å². The minimum Gasteiger partial charge on any atom is -0.478 e. The number of carbonyl (C=O) groups excluding carboxylic acids is 4. The maximum atomic E-state index is 13.6. The number of hydrogen-bond acceptors (Lipinski definition) is 12. The highest BCUT2D eigenvalue weighted by Crippen LogP contribution is 2.17. The monoisotopic (exact) mass is 697 g/mol. The molecule has 0 aliphatic carbocycles. The maximum Gasteiger partial charge on any atom is 0.335 e. The van der Waals surface area contributed by atoms with Crippen molar-refractivity contribution in [1.29, 1.82) is 0 Å². The van der Waals surface area contributed by atoms with E-state index in [1.54, 1.807) is 62.3 Å². The Bertz CT molecular complexity index is 1200. The first-order valence-electron chi connectivity index (χ1n) is 15.7. The standard InChI is InChI=1S/C34H51NO14/c1-31(2,3)47-25(36)10-13-44-19-34(20-45-14-11-26(37)48-32(4,5)6,21-46-15-12-27(38)49-33(7,8)9)35-28(39)22-16-23(29(40)41)18-24(17-22)30(42)43/h16-18H,10-15,19-21H2,1-9H3,(H,35,39)(H,40,41)(H,42,43). The van der Waals surface area contributed by atoms with Crippen LogP contribution in [0.15, 0.2) is 18.2 Å². The number of hydrogen-bond donors (Lipinski definition) is 3. The number of amides is 1. The van der Waals surface area contributed by atoms with Crippen LogP contribution >= 0.6 is 0 Å². The van der Waals surface area contributed by atoms with Crippen LogP contribution in [-0.2, 0) is 42.8 Å². The summed E-state index contributed by atoms with van der Waals surface area (Å²) in [7, 11) is 0. The summed E-state index contributed by atoms with van der Waals surface area (Å²) in [6, 6.07) is 2.92. The number of esters is 3. The fourth-order valence-electron chi connectivity index (χ4n) is 4.00. The van der Waals surface area contributed by atoms with Crippen molar-refractivity contribution in [2.24, 2.45) is 0 Å². The minimum absolute atomic E-state index is 0.136. The number of nitrogens with one attached hydrogen (secondary N) is 1. The first kappa shape index (κ1) is 42.9. The summed E-state index contributed by atoms with van der Waals surface area (Å²) in [4.78, 5) is 73.8. The summed E-state index contributed by atoms with van der Waals surface area (Å²) < 4.78 is 33.3. The normalized spacial score (nSPS) is 12.2. The number of benzene rings is 1. The number of carboxylic acid groups (broad SMARTS) is 2. The Kier molecular flexibility index (Phi) is 16.3. The maximum absolute atomic E-state index is 13.6. The lowest BCUT2D eigenvalue weighted by molar-refractivity contribution is -0.157. The number of rotatable bonds is 19. The van der Waals surface area contributed by atoms with E-state index >= 15 is 0 Å². The Labute approximate surface area is 286 Å². The topological polar surface area (TPSA) is 210 Å². The zero-order valence-electron chi connectivity index (χ0n) is 29.9. The van der Waals surface area contributed by atoms with Crippen LogP contribution < -0.4 is 5.32 Å². The van der Waals surface area contributed by atoms with Gasteiger partial charge >= 0.3 is 29.8 Å². The van der Waals surface area contributed by atoms with E-state index in [4.69, 9.17) is 28.4 Å². The van der Waals surface area contributed by atoms with Crippen LogP contribution in [0.1, 0.15) is 113 Å². The van der Waals surface area contributed by atoms with Gasteiger partial charge in [0.15, 0.2) is 0 Å². The molecule has 0 saturated carbocycles. The summed E-state index contributed by atoms with van der Waals surface area (Å²) in [6.07, 6.45) is -0.408. The van der Waals surface area contributed by atoms with Crippen molar-refractivity contribution in [3.63, 3.8) is 0 Å². The van der Waals surface area contributed by atoms with Crippen molar-refractivity contribution in [3.05, 3.63) is 34.9 Å². The average Bonchev–Trinajstić information content (AvgIpc) is 2.92. The molecule has 1 aromatic rings. The summed E-state index contributed by atoms with van der Waals surface area (Å²) in [5.74, 6) is -5.40. The second kappa shape index (κ2) is 18.6. The number of carbonyl (C=O) groups is 6. The van der Waals surface area contributed by atoms with Crippen LogP contribution in [0.2, 0.25) is 0 Å². The number of aromatic carboxylic acids is 2. The molecule has 1 aromatic carbocycles. The molecule has 49 heavy (non-hydrogen) atoms. The molecular formula is C34H51NO14. The number of ether oxygens (including phenoxy) is 6. The molecule has 0 unspecified atom stereocenters. The molecule has 3 N–H and O–H groups in total. The highest BCUT2D eigenvalue weighted by molar-refractivity contribution is 6.01. The van der Waals surface area contributed by atoms with Gasteiger partial charge in [0, 0.05) is 5.56 Å². The molecule has 0 aliphatic heterocycles. The van der Waals surface area contributed by atoms with E-state index in [0.717, 1.165) is 18.2 Å². The molecular weight excluding hydrogens is 646 g/mol. The average molecular weight is 698 g/mol. The van der Waals surface area contributed by atoms with Crippen molar-refractivity contribution >= 4 is 35.8 Å². The Hall–Kier alpha value is -4.08. The van der Waals surface area contributed by atoms with Crippen molar-refractivity contribution in [3.8, 4) is 0 Å². The summed E-state index contributed by atoms with van der Waals surface area (Å²) in [5, 5.41) is 21.7. The van der Waals surface area contributed by atoms with Crippen molar-refractivity contribution in [1.82, 2.24) is 5.32 Å². The van der Waals surface area contributed by atoms with Gasteiger partial charge in [0.1, 0.15) is 22.3 Å². The van der Waals surface area contributed by atoms with Crippen molar-refractivity contribution < 1.29 is 67.4 Å². The lowest BCUT2D eigenvalue weighted by atomic mass is 10.00. The number of carboxylic acids is 2. The van der Waals surface area contributed by atoms with Gasteiger partial charge in [-0.05, 0) is 80.5 Å². The molecule has 0 atom stereocenters. The fraction of sp³-hybridized carbons (Fsp3) is 0.647. The van der Waals surface area contributed by atoms with Crippen LogP contribution in [0, 0.1) is 0 Å². The molecule has 1 rings (SSSR count). The third-order valence-corrected chi connectivity index (χ3v) is 5.81. The van der Waals surface area contributed by atoms with E-state index in [0.29, 0.717) is 0 Å². The highest BCUT2D eigenvalue weighted by atomic mass is 16.6. The van der Waals surface area contributed by atoms with Gasteiger partial charge in [-0.2, -0.15) is 0 Å². The van der Waals surface area contributed by atoms with E-state index in [1.807, 2.05) is 0 Å². The Morgan fingerprint density at radius 3 is 1.08 bits per heavy atom. The SMILES string of the molecule is CC(C)(C)OC(=O)CCOCC(COCCC(=O)OC(C)(C)C)(COCCC(=O)OC(C)(C)C)NC(=O)c1cc(C(=O)O)cc(C(=O)O)c1. The zero-order chi connectivity index (χ0) is 37.6. The Morgan fingerprint density at radius 1 is 0.531 bits per heavy atom.